The van der Waals surface area contributed by atoms with Crippen molar-refractivity contribution in [2.45, 2.75) is 38.5 Å². The van der Waals surface area contributed by atoms with Gasteiger partial charge in [0.2, 0.25) is 0 Å². The lowest BCUT2D eigenvalue weighted by atomic mass is 9.73. The molecule has 0 bridgehead atoms. The zero-order chi connectivity index (χ0) is 18.7. The van der Waals surface area contributed by atoms with Gasteiger partial charge in [-0.3, -0.25) is 9.59 Å². The van der Waals surface area contributed by atoms with E-state index in [0.717, 1.165) is 19.5 Å². The minimum atomic E-state index is -0.613. The Kier molecular flexibility index (Phi) is 5.61. The molecule has 7 heteroatoms. The number of nitrogens with zero attached hydrogens (tertiary/aromatic N) is 1. The summed E-state index contributed by atoms with van der Waals surface area (Å²) < 4.78 is 10.6. The van der Waals surface area contributed by atoms with Crippen LogP contribution >= 0.6 is 11.6 Å². The van der Waals surface area contributed by atoms with E-state index in [2.05, 4.69) is 0 Å². The fraction of sp³-hybridized carbons (Fsp3) is 0.579. The van der Waals surface area contributed by atoms with Gasteiger partial charge in [-0.05, 0) is 36.8 Å². The Bertz CT molecular complexity index is 701. The number of nitrogens with two attached hydrogens (primary N) is 1. The van der Waals surface area contributed by atoms with Gasteiger partial charge < -0.3 is 20.1 Å². The predicted molar refractivity (Wildman–Crippen MR) is 98.7 cm³/mol. The Morgan fingerprint density at radius 2 is 1.96 bits per heavy atom. The highest BCUT2D eigenvalue weighted by molar-refractivity contribution is 6.32. The van der Waals surface area contributed by atoms with Gasteiger partial charge in [-0.1, -0.05) is 30.9 Å². The Labute approximate surface area is 158 Å². The van der Waals surface area contributed by atoms with Crippen LogP contribution < -0.4 is 15.2 Å². The predicted octanol–water partition coefficient (Wildman–Crippen LogP) is 3.01. The summed E-state index contributed by atoms with van der Waals surface area (Å²) in [5.74, 6) is -0.129. The van der Waals surface area contributed by atoms with Crippen LogP contribution in [0.1, 0.15) is 48.9 Å². The zero-order valence-corrected chi connectivity index (χ0v) is 15.8. The number of hydrogen-bond donors (Lipinski definition) is 1. The third-order valence-corrected chi connectivity index (χ3v) is 5.76. The van der Waals surface area contributed by atoms with Gasteiger partial charge in [-0.25, -0.2) is 0 Å². The maximum atomic E-state index is 13.0. The molecule has 0 radical (unpaired) electrons. The number of benzene rings is 1. The molecule has 0 atom stereocenters. The summed E-state index contributed by atoms with van der Waals surface area (Å²) in [6.07, 6.45) is 7.31. The van der Waals surface area contributed by atoms with Crippen LogP contribution in [0.5, 0.6) is 11.5 Å². The van der Waals surface area contributed by atoms with Crippen molar-refractivity contribution >= 4 is 23.4 Å². The third kappa shape index (κ3) is 3.90. The van der Waals surface area contributed by atoms with E-state index in [1.165, 1.54) is 39.2 Å². The highest BCUT2D eigenvalue weighted by Crippen LogP contribution is 2.44. The van der Waals surface area contributed by atoms with Gasteiger partial charge in [-0.2, -0.15) is 0 Å². The molecule has 1 saturated heterocycles. The molecule has 26 heavy (non-hydrogen) atoms. The van der Waals surface area contributed by atoms with E-state index in [9.17, 15) is 9.59 Å². The topological polar surface area (TPSA) is 81.9 Å². The summed E-state index contributed by atoms with van der Waals surface area (Å²) in [5.41, 5.74) is 5.86. The second-order valence-electron chi connectivity index (χ2n) is 7.28. The molecule has 1 aliphatic heterocycles. The summed E-state index contributed by atoms with van der Waals surface area (Å²) in [5, 5.41) is 0.223. The molecule has 2 N–H and O–H groups in total. The fourth-order valence-corrected chi connectivity index (χ4v) is 4.39. The summed E-state index contributed by atoms with van der Waals surface area (Å²) in [6, 6.07) is 3.17. The summed E-state index contributed by atoms with van der Waals surface area (Å²) in [6.45, 7) is 1.28. The van der Waals surface area contributed by atoms with Gasteiger partial charge in [0.1, 0.15) is 0 Å². The number of primary amides is 1. The minimum absolute atomic E-state index is 0.0471. The highest BCUT2D eigenvalue weighted by atomic mass is 35.5. The Morgan fingerprint density at radius 3 is 2.62 bits per heavy atom. The lowest BCUT2D eigenvalue weighted by Crippen LogP contribution is -2.33. The number of carbonyl (C=O) groups is 2. The Hall–Kier alpha value is -1.95. The van der Waals surface area contributed by atoms with Crippen LogP contribution in [-0.2, 0) is 4.79 Å². The van der Waals surface area contributed by atoms with Crippen LogP contribution in [0.4, 0.5) is 0 Å². The van der Waals surface area contributed by atoms with E-state index in [1.54, 1.807) is 12.1 Å². The molecule has 0 aromatic heterocycles. The van der Waals surface area contributed by atoms with E-state index in [0.29, 0.717) is 16.7 Å². The van der Waals surface area contributed by atoms with Crippen LogP contribution in [0, 0.1) is 5.41 Å². The van der Waals surface area contributed by atoms with Crippen LogP contribution in [0.3, 0.4) is 0 Å². The van der Waals surface area contributed by atoms with Gasteiger partial charge in [0.25, 0.3) is 11.8 Å². The van der Waals surface area contributed by atoms with E-state index in [1.807, 2.05) is 4.90 Å². The van der Waals surface area contributed by atoms with Crippen molar-refractivity contribution in [1.82, 2.24) is 4.90 Å². The zero-order valence-electron chi connectivity index (χ0n) is 15.1. The van der Waals surface area contributed by atoms with Crippen molar-refractivity contribution in [2.24, 2.45) is 11.1 Å². The van der Waals surface area contributed by atoms with Gasteiger partial charge in [0, 0.05) is 18.7 Å². The molecule has 1 saturated carbocycles. The molecular formula is C19H25ClN2O4. The van der Waals surface area contributed by atoms with E-state index in [4.69, 9.17) is 26.8 Å². The molecule has 1 heterocycles. The lowest BCUT2D eigenvalue weighted by Gasteiger charge is -2.33. The number of rotatable bonds is 5. The van der Waals surface area contributed by atoms with Crippen LogP contribution in [0.15, 0.2) is 12.1 Å². The molecule has 3 rings (SSSR count). The lowest BCUT2D eigenvalue weighted by molar-refractivity contribution is -0.119. The normalized spacial score (nSPS) is 18.8. The molecule has 0 unspecified atom stereocenters. The van der Waals surface area contributed by atoms with E-state index < -0.39 is 5.91 Å². The van der Waals surface area contributed by atoms with Crippen LogP contribution in [-0.4, -0.2) is 43.5 Å². The first kappa shape index (κ1) is 18.8. The molecule has 2 aliphatic rings. The van der Waals surface area contributed by atoms with Crippen LogP contribution in [0.25, 0.3) is 0 Å². The number of amides is 2. The van der Waals surface area contributed by atoms with Crippen molar-refractivity contribution in [3.8, 4) is 11.5 Å². The maximum Gasteiger partial charge on any atom is 0.255 e. The Morgan fingerprint density at radius 1 is 1.23 bits per heavy atom. The molecule has 1 aromatic rings. The van der Waals surface area contributed by atoms with Gasteiger partial charge in [0.05, 0.1) is 12.1 Å². The fourth-order valence-electron chi connectivity index (χ4n) is 4.13. The first-order chi connectivity index (χ1) is 12.4. The van der Waals surface area contributed by atoms with Gasteiger partial charge in [-0.15, -0.1) is 0 Å². The summed E-state index contributed by atoms with van der Waals surface area (Å²) >= 11 is 6.26. The monoisotopic (exact) mass is 380 g/mol. The van der Waals surface area contributed by atoms with Crippen molar-refractivity contribution < 1.29 is 19.1 Å². The van der Waals surface area contributed by atoms with Crippen molar-refractivity contribution in [3.05, 3.63) is 22.7 Å². The smallest absolute Gasteiger partial charge is 0.255 e. The number of halogens is 1. The highest BCUT2D eigenvalue weighted by Gasteiger charge is 2.40. The average molecular weight is 381 g/mol. The number of likely N-dealkylation sites (tertiary alicyclic amines) is 1. The number of methoxy groups -OCH3 is 1. The average Bonchev–Trinajstić information content (AvgIpc) is 3.03. The summed E-state index contributed by atoms with van der Waals surface area (Å²) in [4.78, 5) is 25.8. The number of hydrogen-bond acceptors (Lipinski definition) is 4. The second-order valence-corrected chi connectivity index (χ2v) is 7.69. The molecule has 142 valence electrons. The van der Waals surface area contributed by atoms with Crippen molar-refractivity contribution in [3.63, 3.8) is 0 Å². The Balaban J connectivity index is 1.77. The van der Waals surface area contributed by atoms with Gasteiger partial charge in [0.15, 0.2) is 18.1 Å². The molecule has 6 nitrogen and oxygen atoms in total. The van der Waals surface area contributed by atoms with Gasteiger partial charge >= 0.3 is 0 Å². The third-order valence-electron chi connectivity index (χ3n) is 5.47. The molecule has 2 amide bonds. The first-order valence-corrected chi connectivity index (χ1v) is 9.40. The molecular weight excluding hydrogens is 356 g/mol. The SMILES string of the molecule is COc1cc(C(=O)N2CCC3(CCCCC3)C2)cc(Cl)c1OCC(N)=O. The minimum Gasteiger partial charge on any atom is -0.493 e. The number of carbonyl (C=O) groups excluding carboxylic acids is 2. The quantitative estimate of drug-likeness (QED) is 0.851. The molecule has 1 spiro atoms. The van der Waals surface area contributed by atoms with Crippen LogP contribution in [0.2, 0.25) is 5.02 Å². The van der Waals surface area contributed by atoms with Crippen molar-refractivity contribution in [2.75, 3.05) is 26.8 Å². The van der Waals surface area contributed by atoms with E-state index in [-0.39, 0.29) is 23.3 Å². The number of ether oxygens (including phenoxy) is 2. The molecule has 2 fully saturated rings. The van der Waals surface area contributed by atoms with E-state index >= 15 is 0 Å². The first-order valence-electron chi connectivity index (χ1n) is 9.02. The molecule has 1 aliphatic carbocycles. The largest absolute Gasteiger partial charge is 0.493 e. The molecule has 1 aromatic carbocycles. The summed E-state index contributed by atoms with van der Waals surface area (Å²) in [7, 11) is 1.46. The second kappa shape index (κ2) is 7.74. The maximum absolute atomic E-state index is 13.0. The van der Waals surface area contributed by atoms with Crippen molar-refractivity contribution in [1.29, 1.82) is 0 Å². The standard InChI is InChI=1S/C19H25ClN2O4/c1-25-15-10-13(9-14(20)17(15)26-11-16(21)23)18(24)22-8-7-19(12-22)5-3-2-4-6-19/h9-10H,2-8,11-12H2,1H3,(H2,21,23).